The molecule has 2 aromatic rings. The van der Waals surface area contributed by atoms with Crippen LogP contribution in [0.15, 0.2) is 28.7 Å². The molecule has 2 N–H and O–H groups in total. The average molecular weight is 429 g/mol. The van der Waals surface area contributed by atoms with Gasteiger partial charge in [-0.15, -0.1) is 17.5 Å². The zero-order chi connectivity index (χ0) is 16.9. The molecule has 0 radical (unpaired) electrons. The number of nitrogens with one attached hydrogen (secondary N) is 2. The van der Waals surface area contributed by atoms with Crippen LogP contribution in [0.25, 0.3) is 0 Å². The van der Waals surface area contributed by atoms with Crippen LogP contribution in [0.2, 0.25) is 0 Å². The fourth-order valence-corrected chi connectivity index (χ4v) is 3.27. The molecule has 0 bridgehead atoms. The van der Waals surface area contributed by atoms with E-state index in [0.29, 0.717) is 18.3 Å². The first kappa shape index (κ1) is 19.9. The summed E-state index contributed by atoms with van der Waals surface area (Å²) in [6, 6.07) is 8.45. The van der Waals surface area contributed by atoms with E-state index in [2.05, 4.69) is 49.0 Å². The second kappa shape index (κ2) is 9.31. The highest BCUT2D eigenvalue weighted by Crippen LogP contribution is 2.20. The molecule has 0 spiro atoms. The first-order valence-electron chi connectivity index (χ1n) is 8.30. The van der Waals surface area contributed by atoms with Crippen LogP contribution in [0.4, 0.5) is 0 Å². The number of carbonyl (C=O) groups excluding carboxylic acids is 1. The van der Waals surface area contributed by atoms with Crippen LogP contribution < -0.4 is 10.6 Å². The summed E-state index contributed by atoms with van der Waals surface area (Å²) in [7, 11) is 0. The Morgan fingerprint density at radius 1 is 1.32 bits per heavy atom. The third-order valence-electron chi connectivity index (χ3n) is 4.41. The third-order valence-corrected chi connectivity index (χ3v) is 4.94. The van der Waals surface area contributed by atoms with Crippen molar-refractivity contribution in [2.75, 3.05) is 19.6 Å². The van der Waals surface area contributed by atoms with Gasteiger partial charge in [-0.1, -0.05) is 33.3 Å². The Morgan fingerprint density at radius 3 is 2.68 bits per heavy atom. The Bertz CT molecular complexity index is 698. The van der Waals surface area contributed by atoms with Crippen LogP contribution >= 0.6 is 28.3 Å². The standard InChI is InChI=1S/C17H22BrN5O.ClH/c1-12-16(21-22-23(12)15-7-9-19-10-8-15)17(24)20-11-6-13-2-4-14(18)5-3-13;/h2-5,15,19H,6-11H2,1H3,(H,20,24);1H. The molecule has 0 unspecified atom stereocenters. The van der Waals surface area contributed by atoms with Gasteiger partial charge < -0.3 is 10.6 Å². The molecule has 1 aromatic carbocycles. The predicted molar refractivity (Wildman–Crippen MR) is 103 cm³/mol. The fraction of sp³-hybridized carbons (Fsp3) is 0.471. The number of halogens is 2. The van der Waals surface area contributed by atoms with E-state index in [1.54, 1.807) is 0 Å². The van der Waals surface area contributed by atoms with Gasteiger partial charge in [-0.05, 0) is 57.0 Å². The lowest BCUT2D eigenvalue weighted by molar-refractivity contribution is 0.0948. The number of nitrogens with zero attached hydrogens (tertiary/aromatic N) is 3. The summed E-state index contributed by atoms with van der Waals surface area (Å²) < 4.78 is 2.96. The van der Waals surface area contributed by atoms with Crippen molar-refractivity contribution in [2.24, 2.45) is 0 Å². The van der Waals surface area contributed by atoms with Gasteiger partial charge in [-0.25, -0.2) is 4.68 Å². The number of benzene rings is 1. The normalized spacial score (nSPS) is 14.8. The minimum absolute atomic E-state index is 0. The maximum Gasteiger partial charge on any atom is 0.273 e. The van der Waals surface area contributed by atoms with Gasteiger partial charge in [-0.2, -0.15) is 0 Å². The number of piperidine rings is 1. The lowest BCUT2D eigenvalue weighted by Gasteiger charge is -2.23. The van der Waals surface area contributed by atoms with Crippen LogP contribution in [-0.2, 0) is 6.42 Å². The summed E-state index contributed by atoms with van der Waals surface area (Å²) >= 11 is 3.42. The van der Waals surface area contributed by atoms with Crippen molar-refractivity contribution in [3.63, 3.8) is 0 Å². The highest BCUT2D eigenvalue weighted by molar-refractivity contribution is 9.10. The first-order valence-corrected chi connectivity index (χ1v) is 9.09. The molecule has 8 heteroatoms. The summed E-state index contributed by atoms with van der Waals surface area (Å²) in [5, 5.41) is 14.6. The topological polar surface area (TPSA) is 71.8 Å². The molecule has 136 valence electrons. The van der Waals surface area contributed by atoms with Crippen LogP contribution in [0.1, 0.15) is 40.6 Å². The van der Waals surface area contributed by atoms with E-state index >= 15 is 0 Å². The van der Waals surface area contributed by atoms with Crippen molar-refractivity contribution in [1.29, 1.82) is 0 Å². The minimum atomic E-state index is -0.148. The van der Waals surface area contributed by atoms with Crippen molar-refractivity contribution >= 4 is 34.2 Å². The van der Waals surface area contributed by atoms with E-state index in [9.17, 15) is 4.79 Å². The summed E-state index contributed by atoms with van der Waals surface area (Å²) in [5.74, 6) is -0.148. The van der Waals surface area contributed by atoms with Gasteiger partial charge in [0.1, 0.15) is 0 Å². The summed E-state index contributed by atoms with van der Waals surface area (Å²) in [4.78, 5) is 12.4. The Kier molecular flexibility index (Phi) is 7.40. The Labute approximate surface area is 162 Å². The monoisotopic (exact) mass is 427 g/mol. The number of amides is 1. The summed E-state index contributed by atoms with van der Waals surface area (Å²) in [6.45, 7) is 4.48. The molecule has 2 heterocycles. The Morgan fingerprint density at radius 2 is 2.00 bits per heavy atom. The lowest BCUT2D eigenvalue weighted by Crippen LogP contribution is -2.30. The highest BCUT2D eigenvalue weighted by Gasteiger charge is 2.22. The summed E-state index contributed by atoms with van der Waals surface area (Å²) in [6.07, 6.45) is 2.84. The van der Waals surface area contributed by atoms with Crippen molar-refractivity contribution in [2.45, 2.75) is 32.2 Å². The smallest absolute Gasteiger partial charge is 0.273 e. The SMILES string of the molecule is Cc1c(C(=O)NCCc2ccc(Br)cc2)nnn1C1CCNCC1.Cl. The van der Waals surface area contributed by atoms with Gasteiger partial charge >= 0.3 is 0 Å². The van der Waals surface area contributed by atoms with Crippen molar-refractivity contribution in [3.8, 4) is 0 Å². The molecule has 3 rings (SSSR count). The molecule has 1 saturated heterocycles. The molecular formula is C17H23BrClN5O. The minimum Gasteiger partial charge on any atom is -0.350 e. The maximum atomic E-state index is 12.4. The first-order chi connectivity index (χ1) is 11.6. The third kappa shape index (κ3) is 5.03. The second-order valence-electron chi connectivity index (χ2n) is 6.08. The molecule has 0 aliphatic carbocycles. The summed E-state index contributed by atoms with van der Waals surface area (Å²) in [5.41, 5.74) is 2.47. The molecule has 6 nitrogen and oxygen atoms in total. The molecule has 1 amide bonds. The highest BCUT2D eigenvalue weighted by atomic mass is 79.9. The van der Waals surface area contributed by atoms with Crippen LogP contribution in [0.3, 0.4) is 0 Å². The molecule has 1 aromatic heterocycles. The Hall–Kier alpha value is -1.44. The van der Waals surface area contributed by atoms with Gasteiger partial charge in [0, 0.05) is 11.0 Å². The molecular weight excluding hydrogens is 406 g/mol. The van der Waals surface area contributed by atoms with Crippen molar-refractivity contribution in [3.05, 3.63) is 45.7 Å². The van der Waals surface area contributed by atoms with E-state index < -0.39 is 0 Å². The number of rotatable bonds is 5. The quantitative estimate of drug-likeness (QED) is 0.768. The lowest BCUT2D eigenvalue weighted by atomic mass is 10.1. The van der Waals surface area contributed by atoms with Crippen molar-refractivity contribution < 1.29 is 4.79 Å². The van der Waals surface area contributed by atoms with Gasteiger partial charge in [0.05, 0.1) is 11.7 Å². The zero-order valence-electron chi connectivity index (χ0n) is 14.2. The predicted octanol–water partition coefficient (Wildman–Crippen LogP) is 2.67. The number of carbonyl (C=O) groups is 1. The van der Waals surface area contributed by atoms with Crippen LogP contribution in [0.5, 0.6) is 0 Å². The van der Waals surface area contributed by atoms with Gasteiger partial charge in [0.25, 0.3) is 5.91 Å². The number of hydrogen-bond acceptors (Lipinski definition) is 4. The van der Waals surface area contributed by atoms with E-state index in [4.69, 9.17) is 0 Å². The fourth-order valence-electron chi connectivity index (χ4n) is 3.00. The molecule has 1 aliphatic rings. The molecule has 0 saturated carbocycles. The Balaban J connectivity index is 0.00000225. The average Bonchev–Trinajstić information content (AvgIpc) is 2.99. The van der Waals surface area contributed by atoms with Gasteiger partial charge in [-0.3, -0.25) is 4.79 Å². The van der Waals surface area contributed by atoms with Crippen molar-refractivity contribution in [1.82, 2.24) is 25.6 Å². The van der Waals surface area contributed by atoms with E-state index in [0.717, 1.165) is 42.5 Å². The largest absolute Gasteiger partial charge is 0.350 e. The van der Waals surface area contributed by atoms with Gasteiger partial charge in [0.2, 0.25) is 0 Å². The molecule has 1 aliphatic heterocycles. The maximum absolute atomic E-state index is 12.4. The molecule has 1 fully saturated rings. The van der Waals surface area contributed by atoms with Gasteiger partial charge in [0.15, 0.2) is 5.69 Å². The molecule has 25 heavy (non-hydrogen) atoms. The van der Waals surface area contributed by atoms with Crippen LogP contribution in [-0.4, -0.2) is 40.5 Å². The number of aromatic nitrogens is 3. The second-order valence-corrected chi connectivity index (χ2v) is 7.00. The zero-order valence-corrected chi connectivity index (χ0v) is 16.6. The van der Waals surface area contributed by atoms with E-state index in [-0.39, 0.29) is 18.3 Å². The van der Waals surface area contributed by atoms with E-state index in [1.807, 2.05) is 23.7 Å². The molecule has 0 atom stereocenters. The van der Waals surface area contributed by atoms with Crippen LogP contribution in [0, 0.1) is 6.92 Å². The number of hydrogen-bond donors (Lipinski definition) is 2. The van der Waals surface area contributed by atoms with E-state index in [1.165, 1.54) is 5.56 Å².